The summed E-state index contributed by atoms with van der Waals surface area (Å²) < 4.78 is 0. The minimum absolute atomic E-state index is 0.717. The Bertz CT molecular complexity index is 142. The van der Waals surface area contributed by atoms with Crippen LogP contribution < -0.4 is 0 Å². The van der Waals surface area contributed by atoms with Crippen LogP contribution in [0.2, 0.25) is 0 Å². The zero-order valence-electron chi connectivity index (χ0n) is 9.35. The number of hydrogen-bond acceptors (Lipinski definition) is 0. The molecular weight excluding hydrogens is 144 g/mol. The summed E-state index contributed by atoms with van der Waals surface area (Å²) in [5.74, 6) is 2.86. The van der Waals surface area contributed by atoms with E-state index in [4.69, 9.17) is 0 Å². The Morgan fingerprint density at radius 3 is 2.00 bits per heavy atom. The van der Waals surface area contributed by atoms with Gasteiger partial charge >= 0.3 is 0 Å². The van der Waals surface area contributed by atoms with Gasteiger partial charge in [0.25, 0.3) is 0 Å². The summed E-state index contributed by atoms with van der Waals surface area (Å²) in [6.07, 6.45) is 4.25. The maximum Gasteiger partial charge on any atom is -0.0271 e. The molecule has 0 radical (unpaired) electrons. The lowest BCUT2D eigenvalue weighted by Gasteiger charge is -2.55. The average Bonchev–Trinajstić information content (AvgIpc) is 2.04. The van der Waals surface area contributed by atoms with Crippen LogP contribution in [0.25, 0.3) is 0 Å². The molecule has 0 N–H and O–H groups in total. The van der Waals surface area contributed by atoms with Gasteiger partial charge in [0.2, 0.25) is 0 Å². The molecule has 0 bridgehead atoms. The Morgan fingerprint density at radius 1 is 1.25 bits per heavy atom. The summed E-state index contributed by atoms with van der Waals surface area (Å²) in [5, 5.41) is 0. The van der Waals surface area contributed by atoms with E-state index in [0.717, 1.165) is 23.2 Å². The van der Waals surface area contributed by atoms with Crippen molar-refractivity contribution < 1.29 is 0 Å². The van der Waals surface area contributed by atoms with Crippen LogP contribution in [-0.2, 0) is 0 Å². The Morgan fingerprint density at radius 2 is 1.75 bits per heavy atom. The Balaban J connectivity index is 2.56. The minimum atomic E-state index is 0.717. The molecule has 0 heteroatoms. The molecule has 1 saturated carbocycles. The van der Waals surface area contributed by atoms with Gasteiger partial charge < -0.3 is 0 Å². The lowest BCUT2D eigenvalue weighted by Crippen LogP contribution is -2.47. The molecule has 0 heterocycles. The molecular formula is C12H24. The summed E-state index contributed by atoms with van der Waals surface area (Å²) in [4.78, 5) is 0. The highest BCUT2D eigenvalue weighted by Gasteiger charge is 2.48. The molecule has 1 aliphatic rings. The Labute approximate surface area is 77.7 Å². The predicted molar refractivity (Wildman–Crippen MR) is 55.1 cm³/mol. The second-order valence-corrected chi connectivity index (χ2v) is 4.97. The number of rotatable bonds is 3. The Hall–Kier alpha value is 0. The molecule has 2 unspecified atom stereocenters. The van der Waals surface area contributed by atoms with Crippen LogP contribution in [0.15, 0.2) is 0 Å². The summed E-state index contributed by atoms with van der Waals surface area (Å²) in [6, 6.07) is 0. The van der Waals surface area contributed by atoms with Crippen LogP contribution in [0.5, 0.6) is 0 Å². The van der Waals surface area contributed by atoms with Crippen molar-refractivity contribution in [3.8, 4) is 0 Å². The van der Waals surface area contributed by atoms with Gasteiger partial charge in [0.05, 0.1) is 0 Å². The highest BCUT2D eigenvalue weighted by molar-refractivity contribution is 4.98. The van der Waals surface area contributed by atoms with Gasteiger partial charge in [-0.05, 0) is 29.6 Å². The third kappa shape index (κ3) is 1.30. The van der Waals surface area contributed by atoms with Gasteiger partial charge in [-0.2, -0.15) is 0 Å². The first-order valence-corrected chi connectivity index (χ1v) is 5.57. The SMILES string of the molecule is CCC1(CC)CC(C(C)C)C1C. The van der Waals surface area contributed by atoms with Crippen molar-refractivity contribution in [3.63, 3.8) is 0 Å². The molecule has 0 aromatic heterocycles. The molecule has 1 aliphatic carbocycles. The fraction of sp³-hybridized carbons (Fsp3) is 1.00. The maximum absolute atomic E-state index is 2.46. The summed E-state index contributed by atoms with van der Waals surface area (Å²) >= 11 is 0. The zero-order chi connectivity index (χ0) is 9.35. The quantitative estimate of drug-likeness (QED) is 0.595. The molecule has 2 atom stereocenters. The monoisotopic (exact) mass is 168 g/mol. The maximum atomic E-state index is 2.46. The normalized spacial score (nSPS) is 33.5. The second-order valence-electron chi connectivity index (χ2n) is 4.97. The molecule has 0 amide bonds. The largest absolute Gasteiger partial charge is 0.0648 e. The number of hydrogen-bond donors (Lipinski definition) is 0. The van der Waals surface area contributed by atoms with Crippen LogP contribution >= 0.6 is 0 Å². The second kappa shape index (κ2) is 3.40. The van der Waals surface area contributed by atoms with Crippen molar-refractivity contribution in [2.45, 2.75) is 53.9 Å². The third-order valence-corrected chi connectivity index (χ3v) is 4.51. The molecule has 0 spiro atoms. The van der Waals surface area contributed by atoms with Crippen molar-refractivity contribution in [2.24, 2.45) is 23.2 Å². The smallest absolute Gasteiger partial charge is 0.0271 e. The van der Waals surface area contributed by atoms with Crippen LogP contribution in [-0.4, -0.2) is 0 Å². The van der Waals surface area contributed by atoms with Gasteiger partial charge in [-0.1, -0.05) is 47.5 Å². The lowest BCUT2D eigenvalue weighted by molar-refractivity contribution is -0.0615. The van der Waals surface area contributed by atoms with E-state index in [1.165, 1.54) is 19.3 Å². The van der Waals surface area contributed by atoms with E-state index in [2.05, 4.69) is 34.6 Å². The van der Waals surface area contributed by atoms with Gasteiger partial charge in [-0.3, -0.25) is 0 Å². The third-order valence-electron chi connectivity index (χ3n) is 4.51. The van der Waals surface area contributed by atoms with Gasteiger partial charge in [-0.15, -0.1) is 0 Å². The highest BCUT2D eigenvalue weighted by Crippen LogP contribution is 2.57. The summed E-state index contributed by atoms with van der Waals surface area (Å²) in [6.45, 7) is 11.9. The van der Waals surface area contributed by atoms with Crippen molar-refractivity contribution in [1.82, 2.24) is 0 Å². The van der Waals surface area contributed by atoms with Gasteiger partial charge in [-0.25, -0.2) is 0 Å². The predicted octanol–water partition coefficient (Wildman–Crippen LogP) is 4.10. The van der Waals surface area contributed by atoms with Gasteiger partial charge in [0.1, 0.15) is 0 Å². The first-order valence-electron chi connectivity index (χ1n) is 5.57. The Kier molecular flexibility index (Phi) is 2.85. The van der Waals surface area contributed by atoms with Gasteiger partial charge in [0, 0.05) is 0 Å². The summed E-state index contributed by atoms with van der Waals surface area (Å²) in [5.41, 5.74) is 0.717. The molecule has 0 nitrogen and oxygen atoms in total. The van der Waals surface area contributed by atoms with Crippen molar-refractivity contribution in [1.29, 1.82) is 0 Å². The van der Waals surface area contributed by atoms with Gasteiger partial charge in [0.15, 0.2) is 0 Å². The first-order chi connectivity index (χ1) is 5.57. The zero-order valence-corrected chi connectivity index (χ0v) is 9.35. The standard InChI is InChI=1S/C12H24/c1-6-12(7-2)8-11(9(3)4)10(12)5/h9-11H,6-8H2,1-5H3. The molecule has 0 aromatic rings. The minimum Gasteiger partial charge on any atom is -0.0648 e. The lowest BCUT2D eigenvalue weighted by atomic mass is 9.49. The van der Waals surface area contributed by atoms with E-state index < -0.39 is 0 Å². The first kappa shape index (κ1) is 10.1. The van der Waals surface area contributed by atoms with E-state index in [1.54, 1.807) is 0 Å². The molecule has 1 fully saturated rings. The van der Waals surface area contributed by atoms with Crippen LogP contribution in [0.4, 0.5) is 0 Å². The van der Waals surface area contributed by atoms with Crippen LogP contribution in [0.3, 0.4) is 0 Å². The van der Waals surface area contributed by atoms with E-state index in [0.29, 0.717) is 0 Å². The molecule has 1 rings (SSSR count). The van der Waals surface area contributed by atoms with E-state index in [-0.39, 0.29) is 0 Å². The molecule has 0 saturated heterocycles. The van der Waals surface area contributed by atoms with E-state index in [9.17, 15) is 0 Å². The fourth-order valence-corrected chi connectivity index (χ4v) is 3.12. The molecule has 0 aromatic carbocycles. The molecule has 12 heavy (non-hydrogen) atoms. The summed E-state index contributed by atoms with van der Waals surface area (Å²) in [7, 11) is 0. The molecule has 72 valence electrons. The van der Waals surface area contributed by atoms with Crippen molar-refractivity contribution in [3.05, 3.63) is 0 Å². The highest BCUT2D eigenvalue weighted by atomic mass is 14.5. The van der Waals surface area contributed by atoms with E-state index in [1.807, 2.05) is 0 Å². The average molecular weight is 168 g/mol. The molecule has 0 aliphatic heterocycles. The van der Waals surface area contributed by atoms with Crippen LogP contribution in [0, 0.1) is 23.2 Å². The van der Waals surface area contributed by atoms with Crippen LogP contribution in [0.1, 0.15) is 53.9 Å². The fourth-order valence-electron chi connectivity index (χ4n) is 3.12. The topological polar surface area (TPSA) is 0 Å². The van der Waals surface area contributed by atoms with Crippen molar-refractivity contribution in [2.75, 3.05) is 0 Å². The van der Waals surface area contributed by atoms with Crippen molar-refractivity contribution >= 4 is 0 Å². The van der Waals surface area contributed by atoms with E-state index >= 15 is 0 Å².